The van der Waals surface area contributed by atoms with Gasteiger partial charge in [-0.1, -0.05) is 24.3 Å². The smallest absolute Gasteiger partial charge is 0.255 e. The van der Waals surface area contributed by atoms with E-state index < -0.39 is 10.0 Å². The zero-order chi connectivity index (χ0) is 22.0. The maximum Gasteiger partial charge on any atom is 0.255 e. The van der Waals surface area contributed by atoms with Crippen molar-refractivity contribution in [3.63, 3.8) is 0 Å². The highest BCUT2D eigenvalue weighted by Crippen LogP contribution is 2.34. The van der Waals surface area contributed by atoms with Gasteiger partial charge in [0.2, 0.25) is 10.0 Å². The summed E-state index contributed by atoms with van der Waals surface area (Å²) in [5.41, 5.74) is 2.75. The molecule has 4 aromatic rings. The van der Waals surface area contributed by atoms with Crippen molar-refractivity contribution in [1.82, 2.24) is 9.71 Å². The molecule has 0 aliphatic heterocycles. The van der Waals surface area contributed by atoms with Gasteiger partial charge in [-0.15, -0.1) is 11.3 Å². The average molecular weight is 452 g/mol. The number of para-hydroxylation sites is 2. The van der Waals surface area contributed by atoms with Crippen molar-refractivity contribution in [3.8, 4) is 10.6 Å². The van der Waals surface area contributed by atoms with Crippen LogP contribution in [0.15, 0.2) is 77.7 Å². The van der Waals surface area contributed by atoms with E-state index in [1.807, 2.05) is 48.5 Å². The lowest BCUT2D eigenvalue weighted by Crippen LogP contribution is -2.30. The Balaban J connectivity index is 1.58. The molecule has 0 radical (unpaired) electrons. The van der Waals surface area contributed by atoms with Crippen LogP contribution in [0.25, 0.3) is 20.8 Å². The van der Waals surface area contributed by atoms with Crippen molar-refractivity contribution in [2.45, 2.75) is 24.8 Å². The molecule has 0 unspecified atom stereocenters. The highest BCUT2D eigenvalue weighted by Gasteiger charge is 2.17. The third kappa shape index (κ3) is 4.66. The Morgan fingerprint density at radius 3 is 2.32 bits per heavy atom. The Labute approximate surface area is 185 Å². The van der Waals surface area contributed by atoms with Crippen LogP contribution in [0.1, 0.15) is 24.2 Å². The van der Waals surface area contributed by atoms with E-state index >= 15 is 0 Å². The molecule has 0 saturated carbocycles. The summed E-state index contributed by atoms with van der Waals surface area (Å²) in [4.78, 5) is 17.6. The first kappa shape index (κ1) is 21.2. The molecule has 0 fully saturated rings. The molecular formula is C23H21N3O3S2. The van der Waals surface area contributed by atoms with Crippen LogP contribution in [0.2, 0.25) is 0 Å². The topological polar surface area (TPSA) is 88.2 Å². The molecule has 0 aliphatic rings. The number of thiazole rings is 1. The van der Waals surface area contributed by atoms with Crippen molar-refractivity contribution in [1.29, 1.82) is 0 Å². The molecule has 0 atom stereocenters. The van der Waals surface area contributed by atoms with E-state index in [2.05, 4.69) is 15.0 Å². The number of sulfonamides is 1. The van der Waals surface area contributed by atoms with Gasteiger partial charge in [0.05, 0.1) is 20.8 Å². The molecule has 0 aliphatic carbocycles. The largest absolute Gasteiger partial charge is 0.321 e. The highest BCUT2D eigenvalue weighted by molar-refractivity contribution is 7.89. The van der Waals surface area contributed by atoms with Crippen molar-refractivity contribution in [2.24, 2.45) is 0 Å². The molecule has 0 bridgehead atoms. The summed E-state index contributed by atoms with van der Waals surface area (Å²) in [6, 6.07) is 21.0. The molecule has 158 valence electrons. The molecule has 1 aromatic heterocycles. The van der Waals surface area contributed by atoms with Gasteiger partial charge in [-0.05, 0) is 62.4 Å². The number of amides is 1. The van der Waals surface area contributed by atoms with Crippen LogP contribution < -0.4 is 10.0 Å². The molecule has 8 heteroatoms. The number of hydrogen-bond donors (Lipinski definition) is 2. The molecule has 2 N–H and O–H groups in total. The lowest BCUT2D eigenvalue weighted by atomic mass is 10.1. The predicted octanol–water partition coefficient (Wildman–Crippen LogP) is 4.90. The van der Waals surface area contributed by atoms with Gasteiger partial charge in [0.15, 0.2) is 0 Å². The summed E-state index contributed by atoms with van der Waals surface area (Å²) in [5, 5.41) is 3.74. The van der Waals surface area contributed by atoms with Crippen LogP contribution in [0.5, 0.6) is 0 Å². The number of carbonyl (C=O) groups is 1. The van der Waals surface area contributed by atoms with Gasteiger partial charge >= 0.3 is 0 Å². The Morgan fingerprint density at radius 1 is 0.935 bits per heavy atom. The van der Waals surface area contributed by atoms with E-state index in [9.17, 15) is 13.2 Å². The average Bonchev–Trinajstić information content (AvgIpc) is 3.17. The highest BCUT2D eigenvalue weighted by atomic mass is 32.2. The number of benzene rings is 3. The summed E-state index contributed by atoms with van der Waals surface area (Å²) in [5.74, 6) is -0.325. The first-order valence-electron chi connectivity index (χ1n) is 9.72. The fraction of sp³-hybridized carbons (Fsp3) is 0.130. The number of rotatable bonds is 6. The minimum absolute atomic E-state index is 0.118. The zero-order valence-corrected chi connectivity index (χ0v) is 18.6. The van der Waals surface area contributed by atoms with Crippen molar-refractivity contribution in [3.05, 3.63) is 78.4 Å². The van der Waals surface area contributed by atoms with Gasteiger partial charge in [-0.3, -0.25) is 4.79 Å². The first-order chi connectivity index (χ1) is 14.8. The van der Waals surface area contributed by atoms with E-state index in [4.69, 9.17) is 0 Å². The maximum atomic E-state index is 12.8. The number of nitrogens with one attached hydrogen (secondary N) is 2. The van der Waals surface area contributed by atoms with Gasteiger partial charge in [0, 0.05) is 17.2 Å². The second-order valence-electron chi connectivity index (χ2n) is 7.29. The molecule has 4 rings (SSSR count). The Bertz CT molecular complexity index is 1310. The van der Waals surface area contributed by atoms with Crippen molar-refractivity contribution >= 4 is 43.2 Å². The molecule has 31 heavy (non-hydrogen) atoms. The van der Waals surface area contributed by atoms with Gasteiger partial charge in [-0.2, -0.15) is 0 Å². The van der Waals surface area contributed by atoms with E-state index in [1.54, 1.807) is 25.2 Å². The van der Waals surface area contributed by atoms with E-state index in [0.29, 0.717) is 11.3 Å². The van der Waals surface area contributed by atoms with Crippen LogP contribution in [-0.2, 0) is 10.0 Å². The third-order valence-electron chi connectivity index (χ3n) is 4.52. The summed E-state index contributed by atoms with van der Waals surface area (Å²) in [6.07, 6.45) is 0. The monoisotopic (exact) mass is 451 g/mol. The standard InChI is InChI=1S/C23H21N3O3S2/c1-15(2)26-31(28,29)17-13-11-16(12-14-17)22(27)24-19-8-4-3-7-18(19)23-25-20-9-5-6-10-21(20)30-23/h3-15,26H,1-2H3,(H,24,27). The van der Waals surface area contributed by atoms with Crippen LogP contribution >= 0.6 is 11.3 Å². The van der Waals surface area contributed by atoms with E-state index in [-0.39, 0.29) is 16.8 Å². The van der Waals surface area contributed by atoms with Gasteiger partial charge < -0.3 is 5.32 Å². The van der Waals surface area contributed by atoms with Crippen LogP contribution in [0.3, 0.4) is 0 Å². The molecule has 1 heterocycles. The lowest BCUT2D eigenvalue weighted by molar-refractivity contribution is 0.102. The van der Waals surface area contributed by atoms with Crippen molar-refractivity contribution < 1.29 is 13.2 Å². The number of aromatic nitrogens is 1. The SMILES string of the molecule is CC(C)NS(=O)(=O)c1ccc(C(=O)Nc2ccccc2-c2nc3ccccc3s2)cc1. The number of nitrogens with zero attached hydrogens (tertiary/aromatic N) is 1. The molecule has 6 nitrogen and oxygen atoms in total. The normalized spacial score (nSPS) is 11.7. The third-order valence-corrected chi connectivity index (χ3v) is 7.26. The number of hydrogen-bond acceptors (Lipinski definition) is 5. The van der Waals surface area contributed by atoms with Crippen LogP contribution in [0, 0.1) is 0 Å². The van der Waals surface area contributed by atoms with E-state index in [0.717, 1.165) is 20.8 Å². The fourth-order valence-electron chi connectivity index (χ4n) is 3.12. The summed E-state index contributed by atoms with van der Waals surface area (Å²) < 4.78 is 28.1. The number of carbonyl (C=O) groups excluding carboxylic acids is 1. The van der Waals surface area contributed by atoms with Crippen molar-refractivity contribution in [2.75, 3.05) is 5.32 Å². The van der Waals surface area contributed by atoms with Gasteiger partial charge in [-0.25, -0.2) is 18.1 Å². The summed E-state index contributed by atoms with van der Waals surface area (Å²) in [6.45, 7) is 3.50. The Kier molecular flexibility index (Phi) is 5.86. The molecular weight excluding hydrogens is 430 g/mol. The zero-order valence-electron chi connectivity index (χ0n) is 17.0. The Hall–Kier alpha value is -3.07. The fourth-order valence-corrected chi connectivity index (χ4v) is 5.38. The second kappa shape index (κ2) is 8.58. The van der Waals surface area contributed by atoms with E-state index in [1.165, 1.54) is 24.3 Å². The predicted molar refractivity (Wildman–Crippen MR) is 125 cm³/mol. The first-order valence-corrected chi connectivity index (χ1v) is 12.0. The maximum absolute atomic E-state index is 12.8. The van der Waals surface area contributed by atoms with Crippen LogP contribution in [0.4, 0.5) is 5.69 Å². The second-order valence-corrected chi connectivity index (χ2v) is 10.0. The number of fused-ring (bicyclic) bond motifs is 1. The minimum Gasteiger partial charge on any atom is -0.321 e. The number of anilines is 1. The quantitative estimate of drug-likeness (QED) is 0.436. The molecule has 1 amide bonds. The van der Waals surface area contributed by atoms with Gasteiger partial charge in [0.1, 0.15) is 5.01 Å². The summed E-state index contributed by atoms with van der Waals surface area (Å²) >= 11 is 1.56. The Morgan fingerprint density at radius 2 is 1.61 bits per heavy atom. The lowest BCUT2D eigenvalue weighted by Gasteiger charge is -2.11. The molecule has 0 spiro atoms. The summed E-state index contributed by atoms with van der Waals surface area (Å²) in [7, 11) is -3.61. The minimum atomic E-state index is -3.61. The van der Waals surface area contributed by atoms with Crippen LogP contribution in [-0.4, -0.2) is 25.4 Å². The van der Waals surface area contributed by atoms with Gasteiger partial charge in [0.25, 0.3) is 5.91 Å². The molecule has 3 aromatic carbocycles. The molecule has 0 saturated heterocycles.